The minimum absolute atomic E-state index is 0.250. The Morgan fingerprint density at radius 1 is 1.53 bits per heavy atom. The number of hydrogen-bond donors (Lipinski definition) is 1. The summed E-state index contributed by atoms with van der Waals surface area (Å²) in [5, 5.41) is 10.1. The van der Waals surface area contributed by atoms with Crippen LogP contribution in [-0.4, -0.2) is 46.8 Å². The maximum atomic E-state index is 11.2. The summed E-state index contributed by atoms with van der Waals surface area (Å²) in [7, 11) is 0. The first-order chi connectivity index (χ1) is 9.24. The Bertz CT molecular complexity index is 565. The van der Waals surface area contributed by atoms with E-state index in [9.17, 15) is 9.90 Å². The van der Waals surface area contributed by atoms with Crippen molar-refractivity contribution in [1.29, 1.82) is 0 Å². The first kappa shape index (κ1) is 12.5. The van der Waals surface area contributed by atoms with E-state index in [0.29, 0.717) is 19.7 Å². The van der Waals surface area contributed by atoms with Gasteiger partial charge in [0.1, 0.15) is 11.0 Å². The Balaban J connectivity index is 1.80. The molecule has 0 radical (unpaired) electrons. The molecule has 0 spiro atoms. The zero-order chi connectivity index (χ0) is 13.2. The lowest BCUT2D eigenvalue weighted by Gasteiger charge is -2.31. The number of aromatic nitrogens is 1. The Morgan fingerprint density at radius 2 is 2.37 bits per heavy atom. The summed E-state index contributed by atoms with van der Waals surface area (Å²) < 4.78 is 6.37. The third kappa shape index (κ3) is 2.60. The number of ether oxygens (including phenoxy) is 1. The summed E-state index contributed by atoms with van der Waals surface area (Å²) in [6, 6.07) is 7.38. The fourth-order valence-electron chi connectivity index (χ4n) is 2.22. The fraction of sp³-hybridized carbons (Fsp3) is 0.385. The SMILES string of the molecule is O=C(O)C1COCCN1Cc1nc2ccccc2s1. The van der Waals surface area contributed by atoms with Crippen molar-refractivity contribution in [3.63, 3.8) is 0 Å². The van der Waals surface area contributed by atoms with Crippen molar-refractivity contribution in [2.45, 2.75) is 12.6 Å². The van der Waals surface area contributed by atoms with E-state index in [1.54, 1.807) is 11.3 Å². The van der Waals surface area contributed by atoms with Gasteiger partial charge in [-0.1, -0.05) is 12.1 Å². The molecular formula is C13H14N2O3S. The second-order valence-electron chi connectivity index (χ2n) is 4.47. The van der Waals surface area contributed by atoms with Crippen molar-refractivity contribution in [3.05, 3.63) is 29.3 Å². The van der Waals surface area contributed by atoms with Crippen LogP contribution in [0.15, 0.2) is 24.3 Å². The highest BCUT2D eigenvalue weighted by Crippen LogP contribution is 2.23. The van der Waals surface area contributed by atoms with Crippen LogP contribution >= 0.6 is 11.3 Å². The van der Waals surface area contributed by atoms with E-state index in [2.05, 4.69) is 4.98 Å². The highest BCUT2D eigenvalue weighted by molar-refractivity contribution is 7.18. The van der Waals surface area contributed by atoms with Crippen molar-refractivity contribution >= 4 is 27.5 Å². The Morgan fingerprint density at radius 3 is 3.16 bits per heavy atom. The van der Waals surface area contributed by atoms with Crippen molar-refractivity contribution in [1.82, 2.24) is 9.88 Å². The smallest absolute Gasteiger partial charge is 0.323 e. The molecule has 1 atom stereocenters. The molecule has 19 heavy (non-hydrogen) atoms. The van der Waals surface area contributed by atoms with Crippen LogP contribution in [-0.2, 0) is 16.1 Å². The maximum absolute atomic E-state index is 11.2. The molecule has 2 heterocycles. The lowest BCUT2D eigenvalue weighted by atomic mass is 10.2. The van der Waals surface area contributed by atoms with Gasteiger partial charge in [0.15, 0.2) is 0 Å². The van der Waals surface area contributed by atoms with Gasteiger partial charge in [0.05, 0.1) is 30.0 Å². The zero-order valence-electron chi connectivity index (χ0n) is 10.3. The average Bonchev–Trinajstić information content (AvgIpc) is 2.81. The van der Waals surface area contributed by atoms with Gasteiger partial charge in [0, 0.05) is 6.54 Å². The number of nitrogens with zero attached hydrogens (tertiary/aromatic N) is 2. The molecule has 1 unspecified atom stereocenters. The topological polar surface area (TPSA) is 62.7 Å². The summed E-state index contributed by atoms with van der Waals surface area (Å²) in [6.07, 6.45) is 0. The standard InChI is InChI=1S/C13H14N2O3S/c16-13(17)10-8-18-6-5-15(10)7-12-14-9-3-1-2-4-11(9)19-12/h1-4,10H,5-8H2,(H,16,17). The van der Waals surface area contributed by atoms with Gasteiger partial charge in [0.25, 0.3) is 0 Å². The number of aliphatic carboxylic acids is 1. The highest BCUT2D eigenvalue weighted by atomic mass is 32.1. The van der Waals surface area contributed by atoms with Crippen LogP contribution in [0.1, 0.15) is 5.01 Å². The number of benzene rings is 1. The van der Waals surface area contributed by atoms with E-state index in [1.807, 2.05) is 29.2 Å². The number of hydrogen-bond acceptors (Lipinski definition) is 5. The first-order valence-corrected chi connectivity index (χ1v) is 6.95. The molecule has 6 heteroatoms. The van der Waals surface area contributed by atoms with Crippen LogP contribution in [0.5, 0.6) is 0 Å². The fourth-order valence-corrected chi connectivity index (χ4v) is 3.21. The monoisotopic (exact) mass is 278 g/mol. The van der Waals surface area contributed by atoms with Crippen molar-refractivity contribution in [3.8, 4) is 0 Å². The number of para-hydroxylation sites is 1. The maximum Gasteiger partial charge on any atom is 0.323 e. The molecule has 5 nitrogen and oxygen atoms in total. The summed E-state index contributed by atoms with van der Waals surface area (Å²) in [6.45, 7) is 2.03. The zero-order valence-corrected chi connectivity index (χ0v) is 11.1. The van der Waals surface area contributed by atoms with Crippen LogP contribution < -0.4 is 0 Å². The molecule has 1 saturated heterocycles. The van der Waals surface area contributed by atoms with E-state index in [-0.39, 0.29) is 6.61 Å². The van der Waals surface area contributed by atoms with Gasteiger partial charge in [-0.15, -0.1) is 11.3 Å². The number of carboxylic acid groups (broad SMARTS) is 1. The van der Waals surface area contributed by atoms with Crippen molar-refractivity contribution < 1.29 is 14.6 Å². The van der Waals surface area contributed by atoms with E-state index in [1.165, 1.54) is 0 Å². The lowest BCUT2D eigenvalue weighted by molar-refractivity contribution is -0.150. The molecule has 100 valence electrons. The number of rotatable bonds is 3. The van der Waals surface area contributed by atoms with E-state index >= 15 is 0 Å². The van der Waals surface area contributed by atoms with Gasteiger partial charge in [-0.05, 0) is 12.1 Å². The molecule has 1 aromatic carbocycles. The van der Waals surface area contributed by atoms with Gasteiger partial charge in [-0.25, -0.2) is 4.98 Å². The molecule has 2 aromatic rings. The number of carbonyl (C=O) groups is 1. The summed E-state index contributed by atoms with van der Waals surface area (Å²) in [4.78, 5) is 17.7. The molecule has 1 aliphatic rings. The van der Waals surface area contributed by atoms with Crippen LogP contribution in [0.4, 0.5) is 0 Å². The minimum atomic E-state index is -0.833. The van der Waals surface area contributed by atoms with Gasteiger partial charge in [-0.3, -0.25) is 9.69 Å². The summed E-state index contributed by atoms with van der Waals surface area (Å²) in [5.41, 5.74) is 0.975. The molecule has 0 bridgehead atoms. The molecule has 0 aliphatic carbocycles. The molecule has 1 fully saturated rings. The van der Waals surface area contributed by atoms with E-state index in [4.69, 9.17) is 4.74 Å². The molecule has 1 N–H and O–H groups in total. The molecule has 0 amide bonds. The second-order valence-corrected chi connectivity index (χ2v) is 5.59. The average molecular weight is 278 g/mol. The first-order valence-electron chi connectivity index (χ1n) is 6.13. The summed E-state index contributed by atoms with van der Waals surface area (Å²) >= 11 is 1.62. The highest BCUT2D eigenvalue weighted by Gasteiger charge is 2.29. The van der Waals surface area contributed by atoms with E-state index in [0.717, 1.165) is 15.2 Å². The van der Waals surface area contributed by atoms with Gasteiger partial charge in [0.2, 0.25) is 0 Å². The number of morpholine rings is 1. The quantitative estimate of drug-likeness (QED) is 0.923. The Labute approximate surface area is 114 Å². The Kier molecular flexibility index (Phi) is 3.46. The molecular weight excluding hydrogens is 264 g/mol. The third-order valence-corrected chi connectivity index (χ3v) is 4.22. The third-order valence-electron chi connectivity index (χ3n) is 3.20. The second kappa shape index (κ2) is 5.24. The Hall–Kier alpha value is -1.50. The largest absolute Gasteiger partial charge is 0.480 e. The van der Waals surface area contributed by atoms with Gasteiger partial charge in [-0.2, -0.15) is 0 Å². The number of fused-ring (bicyclic) bond motifs is 1. The number of carboxylic acids is 1. The van der Waals surface area contributed by atoms with E-state index < -0.39 is 12.0 Å². The van der Waals surface area contributed by atoms with Crippen LogP contribution in [0.2, 0.25) is 0 Å². The van der Waals surface area contributed by atoms with Crippen molar-refractivity contribution in [2.75, 3.05) is 19.8 Å². The lowest BCUT2D eigenvalue weighted by Crippen LogP contribution is -2.49. The molecule has 1 aliphatic heterocycles. The number of thiazole rings is 1. The van der Waals surface area contributed by atoms with Gasteiger partial charge >= 0.3 is 5.97 Å². The molecule has 3 rings (SSSR count). The predicted octanol–water partition coefficient (Wildman–Crippen LogP) is 1.58. The van der Waals surface area contributed by atoms with Crippen LogP contribution in [0, 0.1) is 0 Å². The van der Waals surface area contributed by atoms with Gasteiger partial charge < -0.3 is 9.84 Å². The predicted molar refractivity (Wildman–Crippen MR) is 72.3 cm³/mol. The van der Waals surface area contributed by atoms with Crippen LogP contribution in [0.25, 0.3) is 10.2 Å². The normalized spacial score (nSPS) is 20.7. The minimum Gasteiger partial charge on any atom is -0.480 e. The molecule has 1 aromatic heterocycles. The molecule has 0 saturated carbocycles. The van der Waals surface area contributed by atoms with Crippen LogP contribution in [0.3, 0.4) is 0 Å². The summed E-state index contributed by atoms with van der Waals surface area (Å²) in [5.74, 6) is -0.833. The van der Waals surface area contributed by atoms with Crippen molar-refractivity contribution in [2.24, 2.45) is 0 Å².